The fourth-order valence-corrected chi connectivity index (χ4v) is 8.59. The van der Waals surface area contributed by atoms with Crippen LogP contribution in [0.15, 0.2) is 105 Å². The Balaban J connectivity index is 0.000000179. The highest BCUT2D eigenvalue weighted by atomic mass is 35.5. The molecule has 4 aromatic heterocycles. The Morgan fingerprint density at radius 3 is 1.61 bits per heavy atom. The monoisotopic (exact) mass is 850 g/mol. The number of carbonyl (C=O) groups is 4. The summed E-state index contributed by atoms with van der Waals surface area (Å²) in [6.45, 7) is 5.46. The van der Waals surface area contributed by atoms with E-state index in [4.69, 9.17) is 25.2 Å². The van der Waals surface area contributed by atoms with Gasteiger partial charge in [-0.2, -0.15) is 0 Å². The fourth-order valence-electron chi connectivity index (χ4n) is 6.54. The van der Waals surface area contributed by atoms with Crippen molar-refractivity contribution in [3.8, 4) is 28.0 Å². The van der Waals surface area contributed by atoms with Crippen LogP contribution in [0.25, 0.3) is 44.2 Å². The Kier molecular flexibility index (Phi) is 11.4. The largest absolute Gasteiger partial charge is 0.497 e. The number of halogens is 2. The van der Waals surface area contributed by atoms with Gasteiger partial charge in [0.1, 0.15) is 43.9 Å². The highest BCUT2D eigenvalue weighted by Crippen LogP contribution is 2.41. The smallest absolute Gasteiger partial charge is 0.339 e. The van der Waals surface area contributed by atoms with Crippen molar-refractivity contribution in [1.29, 1.82) is 0 Å². The van der Waals surface area contributed by atoms with Gasteiger partial charge in [0.25, 0.3) is 11.8 Å². The van der Waals surface area contributed by atoms with Gasteiger partial charge in [-0.25, -0.2) is 14.0 Å². The summed E-state index contributed by atoms with van der Waals surface area (Å²) in [7, 11) is 1.59. The average Bonchev–Trinajstić information content (AvgIpc) is 4.01. The Labute approximate surface area is 348 Å². The van der Waals surface area contributed by atoms with Gasteiger partial charge in [0, 0.05) is 43.2 Å². The Morgan fingerprint density at radius 2 is 1.14 bits per heavy atom. The van der Waals surface area contributed by atoms with Gasteiger partial charge < -0.3 is 34.4 Å². The maximum atomic E-state index is 14.5. The molecule has 0 spiro atoms. The van der Waals surface area contributed by atoms with Gasteiger partial charge in [-0.05, 0) is 91.6 Å². The van der Waals surface area contributed by atoms with Crippen LogP contribution in [0.4, 0.5) is 14.4 Å². The van der Waals surface area contributed by atoms with Gasteiger partial charge in [-0.1, -0.05) is 48.0 Å². The van der Waals surface area contributed by atoms with Gasteiger partial charge >= 0.3 is 11.9 Å². The molecule has 0 saturated carbocycles. The first-order valence-electron chi connectivity index (χ1n) is 17.6. The topological polar surface area (TPSA) is 168 Å². The molecule has 15 heteroatoms. The number of para-hydroxylation sites is 2. The number of carboxylic acids is 2. The lowest BCUT2D eigenvalue weighted by atomic mass is 9.94. The molecule has 4 heterocycles. The van der Waals surface area contributed by atoms with Crippen LogP contribution >= 0.6 is 34.3 Å². The summed E-state index contributed by atoms with van der Waals surface area (Å²) in [5.41, 5.74) is 4.87. The number of carboxylic acid groups (broad SMARTS) is 2. The molecular formula is C44H32ClFN2O9S2. The molecule has 59 heavy (non-hydrogen) atoms. The highest BCUT2D eigenvalue weighted by molar-refractivity contribution is 7.15. The van der Waals surface area contributed by atoms with E-state index in [0.29, 0.717) is 33.1 Å². The van der Waals surface area contributed by atoms with Crippen LogP contribution in [0.2, 0.25) is 5.02 Å². The van der Waals surface area contributed by atoms with E-state index in [2.05, 4.69) is 10.6 Å². The van der Waals surface area contributed by atoms with E-state index in [-0.39, 0.29) is 43.8 Å². The molecule has 11 nitrogen and oxygen atoms in total. The second-order valence-electron chi connectivity index (χ2n) is 13.2. The first-order chi connectivity index (χ1) is 28.2. The van der Waals surface area contributed by atoms with Crippen molar-refractivity contribution in [1.82, 2.24) is 0 Å². The first-order valence-corrected chi connectivity index (χ1v) is 19.8. The number of amides is 2. The van der Waals surface area contributed by atoms with E-state index in [1.165, 1.54) is 28.8 Å². The number of benzene rings is 4. The van der Waals surface area contributed by atoms with E-state index in [1.807, 2.05) is 50.2 Å². The molecule has 0 aliphatic heterocycles. The Morgan fingerprint density at radius 1 is 0.661 bits per heavy atom. The summed E-state index contributed by atoms with van der Waals surface area (Å²) in [5.74, 6) is -3.22. The van der Waals surface area contributed by atoms with Gasteiger partial charge in [-0.15, -0.1) is 22.7 Å². The van der Waals surface area contributed by atoms with E-state index >= 15 is 0 Å². The normalized spacial score (nSPS) is 10.9. The first kappa shape index (κ1) is 40.5. The number of methoxy groups -OCH3 is 1. The summed E-state index contributed by atoms with van der Waals surface area (Å²) in [5, 5.41) is 30.3. The van der Waals surface area contributed by atoms with Crippen molar-refractivity contribution in [2.75, 3.05) is 17.7 Å². The summed E-state index contributed by atoms with van der Waals surface area (Å²) in [4.78, 5) is 49.3. The third-order valence-electron chi connectivity index (χ3n) is 9.31. The highest BCUT2D eigenvalue weighted by Gasteiger charge is 2.26. The summed E-state index contributed by atoms with van der Waals surface area (Å²) in [6.07, 6.45) is 0. The number of fused-ring (bicyclic) bond motifs is 2. The zero-order chi connectivity index (χ0) is 42.1. The zero-order valence-electron chi connectivity index (χ0n) is 31.6. The molecule has 4 N–H and O–H groups in total. The minimum Gasteiger partial charge on any atom is -0.497 e. The van der Waals surface area contributed by atoms with Gasteiger partial charge in [0.05, 0.1) is 7.11 Å². The molecule has 8 aromatic rings. The average molecular weight is 851 g/mol. The van der Waals surface area contributed by atoms with E-state index in [1.54, 1.807) is 55.8 Å². The van der Waals surface area contributed by atoms with Crippen molar-refractivity contribution >= 4 is 90.0 Å². The molecule has 0 aliphatic carbocycles. The van der Waals surface area contributed by atoms with Crippen molar-refractivity contribution in [2.24, 2.45) is 0 Å². The van der Waals surface area contributed by atoms with Crippen LogP contribution in [-0.4, -0.2) is 41.1 Å². The van der Waals surface area contributed by atoms with Crippen LogP contribution in [0.5, 0.6) is 5.75 Å². The van der Waals surface area contributed by atoms with Crippen LogP contribution in [0, 0.1) is 26.6 Å². The van der Waals surface area contributed by atoms with Gasteiger partial charge in [0.2, 0.25) is 0 Å². The van der Waals surface area contributed by atoms with Gasteiger partial charge in [-0.3, -0.25) is 9.59 Å². The van der Waals surface area contributed by atoms with Gasteiger partial charge in [0.15, 0.2) is 11.5 Å². The summed E-state index contributed by atoms with van der Waals surface area (Å²) < 4.78 is 30.9. The molecular weight excluding hydrogens is 819 g/mol. The number of aromatic carboxylic acids is 2. The number of nitrogens with one attached hydrogen (secondary N) is 2. The lowest BCUT2D eigenvalue weighted by Crippen LogP contribution is -2.13. The maximum absolute atomic E-state index is 14.5. The lowest BCUT2D eigenvalue weighted by molar-refractivity contribution is 0.0688. The van der Waals surface area contributed by atoms with Crippen molar-refractivity contribution in [3.63, 3.8) is 0 Å². The number of carbonyl (C=O) groups excluding carboxylic acids is 2. The molecule has 0 saturated heterocycles. The van der Waals surface area contributed by atoms with Crippen LogP contribution in [0.1, 0.15) is 58.5 Å². The number of anilines is 2. The third-order valence-corrected chi connectivity index (χ3v) is 11.5. The van der Waals surface area contributed by atoms with E-state index < -0.39 is 29.6 Å². The molecule has 0 fully saturated rings. The summed E-state index contributed by atoms with van der Waals surface area (Å²) >= 11 is 8.24. The number of hydrogen-bond donors (Lipinski definition) is 4. The van der Waals surface area contributed by atoms with Crippen LogP contribution < -0.4 is 15.4 Å². The molecule has 8 rings (SSSR count). The third kappa shape index (κ3) is 8.19. The number of aryl methyl sites for hydroxylation is 3. The van der Waals surface area contributed by atoms with Crippen molar-refractivity contribution < 1.29 is 47.4 Å². The molecule has 0 bridgehead atoms. The standard InChI is InChI=1S/C23H19NO5S.C21H13ClFNO4S/c1-12-8-15(28-3)9-13(2)19(12)16-11-30-22(20(16)23(26)27)24-21(25)18-10-14-6-4-5-7-17(14)29-18;1-10-6-15(23)12(8-14(10)22)13-9-29-20(18(13)21(26)27)24-19(25)17-7-11-4-2-3-5-16(11)28-17/h4-11H,1-3H3,(H,24,25)(H,26,27);2-9H,1H3,(H,24,25)(H,26,27). The minimum atomic E-state index is -1.29. The van der Waals surface area contributed by atoms with E-state index in [0.717, 1.165) is 38.8 Å². The second kappa shape index (κ2) is 16.6. The maximum Gasteiger partial charge on any atom is 0.339 e. The SMILES string of the molecule is COc1cc(C)c(-c2csc(NC(=O)c3cc4ccccc4o3)c2C(=O)O)c(C)c1.Cc1cc(F)c(-c2csc(NC(=O)c3cc4ccccc4o3)c2C(=O)O)cc1Cl. The number of rotatable bonds is 9. The van der Waals surface area contributed by atoms with Crippen molar-refractivity contribution in [3.05, 3.63) is 146 Å². The molecule has 298 valence electrons. The zero-order valence-corrected chi connectivity index (χ0v) is 34.0. The predicted molar refractivity (Wildman–Crippen MR) is 227 cm³/mol. The Hall–Kier alpha value is -6.74. The number of ether oxygens (including phenoxy) is 1. The number of thiophene rings is 2. The fraction of sp³-hybridized carbons (Fsp3) is 0.0909. The predicted octanol–water partition coefficient (Wildman–Crippen LogP) is 11.9. The molecule has 0 atom stereocenters. The molecule has 4 aromatic carbocycles. The number of hydrogen-bond acceptors (Lipinski definition) is 9. The van der Waals surface area contributed by atoms with Crippen LogP contribution in [0.3, 0.4) is 0 Å². The molecule has 0 aliphatic rings. The Bertz CT molecular complexity index is 2870. The van der Waals surface area contributed by atoms with Crippen molar-refractivity contribution in [2.45, 2.75) is 20.8 Å². The van der Waals surface area contributed by atoms with E-state index in [9.17, 15) is 33.8 Å². The second-order valence-corrected chi connectivity index (χ2v) is 15.4. The number of furan rings is 2. The lowest BCUT2D eigenvalue weighted by Gasteiger charge is -2.12. The quantitative estimate of drug-likeness (QED) is 0.110. The van der Waals surface area contributed by atoms with Crippen LogP contribution in [-0.2, 0) is 0 Å². The molecule has 2 amide bonds. The minimum absolute atomic E-state index is 0.0436. The molecule has 0 unspecified atom stereocenters. The molecule has 0 radical (unpaired) electrons. The summed E-state index contributed by atoms with van der Waals surface area (Å²) in [6, 6.07) is 24.0.